The molecule has 0 saturated heterocycles. The largest absolute Gasteiger partial charge is 0.497 e. The Kier molecular flexibility index (Phi) is 6.99. The Balaban J connectivity index is 1.74. The lowest BCUT2D eigenvalue weighted by Crippen LogP contribution is -2.19. The topological polar surface area (TPSA) is 62.1 Å². The van der Waals surface area contributed by atoms with Crippen LogP contribution in [-0.2, 0) is 11.3 Å². The summed E-state index contributed by atoms with van der Waals surface area (Å²) < 4.78 is 19.8. The molecule has 0 fully saturated rings. The number of hydrogen-bond donors (Lipinski definition) is 0. The summed E-state index contributed by atoms with van der Waals surface area (Å²) in [4.78, 5) is 18.3. The van der Waals surface area contributed by atoms with Gasteiger partial charge in [-0.25, -0.2) is 0 Å². The van der Waals surface area contributed by atoms with E-state index in [2.05, 4.69) is 4.99 Å². The Bertz CT molecular complexity index is 1280. The molecule has 0 radical (unpaired) electrons. The highest BCUT2D eigenvalue weighted by molar-refractivity contribution is 7.16. The molecule has 0 aliphatic rings. The summed E-state index contributed by atoms with van der Waals surface area (Å²) in [5.41, 5.74) is 1.39. The second-order valence-corrected chi connectivity index (χ2v) is 7.90. The quantitative estimate of drug-likeness (QED) is 0.344. The van der Waals surface area contributed by atoms with E-state index in [4.69, 9.17) is 14.2 Å². The first kappa shape index (κ1) is 21.8. The molecule has 1 aromatic heterocycles. The van der Waals surface area contributed by atoms with Crippen LogP contribution >= 0.6 is 11.3 Å². The summed E-state index contributed by atoms with van der Waals surface area (Å²) >= 11 is 1.44. The summed E-state index contributed by atoms with van der Waals surface area (Å²) in [6.07, 6.45) is 0. The van der Waals surface area contributed by atoms with Gasteiger partial charge in [0.1, 0.15) is 17.2 Å². The molecule has 1 amide bonds. The molecule has 4 rings (SSSR count). The third-order valence-electron chi connectivity index (χ3n) is 4.84. The lowest BCUT2D eigenvalue weighted by atomic mass is 10.2. The van der Waals surface area contributed by atoms with Crippen molar-refractivity contribution in [3.63, 3.8) is 0 Å². The van der Waals surface area contributed by atoms with Crippen LogP contribution in [0.2, 0.25) is 0 Å². The average Bonchev–Trinajstić information content (AvgIpc) is 3.16. The van der Waals surface area contributed by atoms with E-state index in [-0.39, 0.29) is 5.91 Å². The van der Waals surface area contributed by atoms with E-state index in [0.29, 0.717) is 41.6 Å². The predicted molar refractivity (Wildman–Crippen MR) is 126 cm³/mol. The maximum atomic E-state index is 13.2. The number of nitrogens with zero attached hydrogens (tertiary/aromatic N) is 2. The maximum absolute atomic E-state index is 13.2. The molecule has 0 aliphatic carbocycles. The van der Waals surface area contributed by atoms with Crippen molar-refractivity contribution in [3.05, 3.63) is 83.2 Å². The minimum atomic E-state index is -0.361. The molecular formula is C25H24N2O4S. The Morgan fingerprint density at radius 3 is 2.56 bits per heavy atom. The number of hydrogen-bond acceptors (Lipinski definition) is 5. The van der Waals surface area contributed by atoms with Crippen LogP contribution < -0.4 is 14.3 Å². The van der Waals surface area contributed by atoms with Crippen LogP contribution in [0.3, 0.4) is 0 Å². The van der Waals surface area contributed by atoms with E-state index in [1.165, 1.54) is 11.3 Å². The first-order valence-corrected chi connectivity index (χ1v) is 11.2. The highest BCUT2D eigenvalue weighted by Gasteiger charge is 2.14. The molecule has 6 nitrogen and oxygen atoms in total. The molecule has 0 atom stereocenters. The van der Waals surface area contributed by atoms with Crippen molar-refractivity contribution in [2.75, 3.05) is 20.3 Å². The zero-order valence-corrected chi connectivity index (χ0v) is 18.8. The number of thiazole rings is 1. The minimum absolute atomic E-state index is 0.361. The number of methoxy groups -OCH3 is 1. The van der Waals surface area contributed by atoms with Gasteiger partial charge in [0.05, 0.1) is 29.5 Å². The zero-order chi connectivity index (χ0) is 22.3. The summed E-state index contributed by atoms with van der Waals surface area (Å²) in [5, 5.41) is 0. The second-order valence-electron chi connectivity index (χ2n) is 6.90. The van der Waals surface area contributed by atoms with E-state index < -0.39 is 0 Å². The van der Waals surface area contributed by atoms with Gasteiger partial charge in [0, 0.05) is 13.2 Å². The number of rotatable bonds is 8. The molecule has 0 saturated carbocycles. The van der Waals surface area contributed by atoms with Crippen molar-refractivity contribution in [1.29, 1.82) is 0 Å². The highest BCUT2D eigenvalue weighted by atomic mass is 32.1. The van der Waals surface area contributed by atoms with Gasteiger partial charge >= 0.3 is 0 Å². The fraction of sp³-hybridized carbons (Fsp3) is 0.200. The molecule has 3 aromatic carbocycles. The molecule has 0 aliphatic heterocycles. The second kappa shape index (κ2) is 10.3. The third kappa shape index (κ3) is 4.90. The molecule has 164 valence electrons. The summed E-state index contributed by atoms with van der Waals surface area (Å²) in [7, 11) is 1.64. The van der Waals surface area contributed by atoms with Crippen molar-refractivity contribution in [2.45, 2.75) is 13.5 Å². The number of ether oxygens (including phenoxy) is 3. The van der Waals surface area contributed by atoms with Gasteiger partial charge in [-0.05, 0) is 49.4 Å². The van der Waals surface area contributed by atoms with Gasteiger partial charge < -0.3 is 18.8 Å². The highest BCUT2D eigenvalue weighted by Crippen LogP contribution is 2.26. The fourth-order valence-electron chi connectivity index (χ4n) is 3.28. The van der Waals surface area contributed by atoms with Crippen molar-refractivity contribution in [2.24, 2.45) is 4.99 Å². The van der Waals surface area contributed by atoms with Crippen molar-refractivity contribution >= 4 is 27.5 Å². The Morgan fingerprint density at radius 1 is 1.00 bits per heavy atom. The van der Waals surface area contributed by atoms with E-state index in [0.717, 1.165) is 16.0 Å². The summed E-state index contributed by atoms with van der Waals surface area (Å²) in [6, 6.07) is 22.4. The fourth-order valence-corrected chi connectivity index (χ4v) is 4.36. The number of carbonyl (C=O) groups excluding carboxylic acids is 1. The van der Waals surface area contributed by atoms with Gasteiger partial charge in [-0.2, -0.15) is 4.99 Å². The van der Waals surface area contributed by atoms with Crippen LogP contribution in [0.4, 0.5) is 0 Å². The molecule has 7 heteroatoms. The van der Waals surface area contributed by atoms with Gasteiger partial charge in [-0.3, -0.25) is 4.79 Å². The lowest BCUT2D eigenvalue weighted by molar-refractivity contribution is 0.0994. The Morgan fingerprint density at radius 2 is 1.78 bits per heavy atom. The molecule has 4 aromatic rings. The standard InChI is InChI=1S/C25H24N2O4S/c1-3-30-16-15-27-21-14-13-19(29-2)17-23(21)32-25(27)26-24(28)20-11-7-8-12-22(20)31-18-9-5-4-6-10-18/h4-14,17H,3,15-16H2,1-2H3. The number of para-hydroxylation sites is 2. The van der Waals surface area contributed by atoms with E-state index in [1.54, 1.807) is 25.3 Å². The summed E-state index contributed by atoms with van der Waals surface area (Å²) in [5.74, 6) is 1.53. The SMILES string of the molecule is CCOCCn1c(=NC(=O)c2ccccc2Oc2ccccc2)sc2cc(OC)ccc21. The van der Waals surface area contributed by atoms with E-state index >= 15 is 0 Å². The van der Waals surface area contributed by atoms with Gasteiger partial charge in [-0.1, -0.05) is 41.7 Å². The van der Waals surface area contributed by atoms with E-state index in [1.807, 2.05) is 66.1 Å². The van der Waals surface area contributed by atoms with Crippen molar-refractivity contribution in [3.8, 4) is 17.2 Å². The third-order valence-corrected chi connectivity index (χ3v) is 5.88. The molecule has 0 N–H and O–H groups in total. The number of amides is 1. The van der Waals surface area contributed by atoms with Crippen LogP contribution in [0.25, 0.3) is 10.2 Å². The Labute approximate surface area is 190 Å². The smallest absolute Gasteiger partial charge is 0.283 e. The zero-order valence-electron chi connectivity index (χ0n) is 18.0. The Hall–Kier alpha value is -3.42. The van der Waals surface area contributed by atoms with Crippen LogP contribution in [-0.4, -0.2) is 30.8 Å². The van der Waals surface area contributed by atoms with E-state index in [9.17, 15) is 4.79 Å². The van der Waals surface area contributed by atoms with Crippen LogP contribution in [0.1, 0.15) is 17.3 Å². The normalized spacial score (nSPS) is 11.6. The van der Waals surface area contributed by atoms with Gasteiger partial charge in [0.25, 0.3) is 5.91 Å². The van der Waals surface area contributed by atoms with Crippen LogP contribution in [0.5, 0.6) is 17.2 Å². The predicted octanol–water partition coefficient (Wildman–Crippen LogP) is 5.28. The number of carbonyl (C=O) groups is 1. The maximum Gasteiger partial charge on any atom is 0.283 e. The molecule has 0 bridgehead atoms. The van der Waals surface area contributed by atoms with Gasteiger partial charge in [-0.15, -0.1) is 0 Å². The van der Waals surface area contributed by atoms with Crippen molar-refractivity contribution < 1.29 is 19.0 Å². The molecule has 32 heavy (non-hydrogen) atoms. The number of fused-ring (bicyclic) bond motifs is 1. The average molecular weight is 449 g/mol. The van der Waals surface area contributed by atoms with Crippen molar-refractivity contribution in [1.82, 2.24) is 4.57 Å². The first-order valence-electron chi connectivity index (χ1n) is 10.4. The van der Waals surface area contributed by atoms with Crippen LogP contribution in [0.15, 0.2) is 77.8 Å². The van der Waals surface area contributed by atoms with Gasteiger partial charge in [0.15, 0.2) is 4.80 Å². The summed E-state index contributed by atoms with van der Waals surface area (Å²) in [6.45, 7) is 3.71. The number of benzene rings is 3. The molecule has 1 heterocycles. The molecule has 0 unspecified atom stereocenters. The lowest BCUT2D eigenvalue weighted by Gasteiger charge is -2.09. The first-order chi connectivity index (χ1) is 15.7. The monoisotopic (exact) mass is 448 g/mol. The molecular weight excluding hydrogens is 424 g/mol. The minimum Gasteiger partial charge on any atom is -0.497 e. The van der Waals surface area contributed by atoms with Gasteiger partial charge in [0.2, 0.25) is 0 Å². The number of aromatic nitrogens is 1. The molecule has 0 spiro atoms. The van der Waals surface area contributed by atoms with Crippen LogP contribution in [0, 0.1) is 0 Å².